The largest absolute Gasteiger partial charge is 0.489 e. The van der Waals surface area contributed by atoms with Gasteiger partial charge in [-0.2, -0.15) is 9.78 Å². The van der Waals surface area contributed by atoms with Crippen LogP contribution in [-0.2, 0) is 6.61 Å². The van der Waals surface area contributed by atoms with Gasteiger partial charge in [-0.3, -0.25) is 4.79 Å². The maximum Gasteiger partial charge on any atom is 0.284 e. The summed E-state index contributed by atoms with van der Waals surface area (Å²) >= 11 is 0. The molecule has 0 amide bonds. The average molecular weight is 407 g/mol. The first-order valence-electron chi connectivity index (χ1n) is 9.96. The van der Waals surface area contributed by atoms with E-state index in [1.165, 1.54) is 4.68 Å². The molecular formula is C25H17N3O3. The molecule has 0 bridgehead atoms. The molecule has 6 nitrogen and oxygen atoms in total. The number of nitrogens with zero attached hydrogens (tertiary/aromatic N) is 2. The fourth-order valence-electron chi connectivity index (χ4n) is 3.86. The summed E-state index contributed by atoms with van der Waals surface area (Å²) in [4.78, 5) is 16.5. The van der Waals surface area contributed by atoms with E-state index in [1.807, 2.05) is 72.8 Å². The molecule has 0 saturated heterocycles. The number of fused-ring (bicyclic) bond motifs is 4. The van der Waals surface area contributed by atoms with Gasteiger partial charge in [0.25, 0.3) is 5.56 Å². The van der Waals surface area contributed by atoms with Gasteiger partial charge >= 0.3 is 0 Å². The average Bonchev–Trinajstić information content (AvgIpc) is 3.42. The monoisotopic (exact) mass is 407 g/mol. The molecule has 0 radical (unpaired) electrons. The van der Waals surface area contributed by atoms with Crippen LogP contribution in [0.4, 0.5) is 0 Å². The quantitative estimate of drug-likeness (QED) is 0.439. The smallest absolute Gasteiger partial charge is 0.284 e. The Morgan fingerprint density at radius 1 is 0.935 bits per heavy atom. The maximum absolute atomic E-state index is 13.3. The normalized spacial score (nSPS) is 11.5. The topological polar surface area (TPSA) is 73.0 Å². The van der Waals surface area contributed by atoms with Crippen molar-refractivity contribution in [3.63, 3.8) is 0 Å². The zero-order chi connectivity index (χ0) is 20.8. The van der Waals surface area contributed by atoms with E-state index in [1.54, 1.807) is 12.3 Å². The summed E-state index contributed by atoms with van der Waals surface area (Å²) in [7, 11) is 0. The minimum absolute atomic E-state index is 0.239. The zero-order valence-electron chi connectivity index (χ0n) is 16.4. The van der Waals surface area contributed by atoms with Crippen LogP contribution in [0.3, 0.4) is 0 Å². The van der Waals surface area contributed by atoms with E-state index in [9.17, 15) is 4.79 Å². The SMILES string of the molecule is O=c1c2c(cnn1-c1ccc3cccc-3o1)[nH]c1cc(OCc3ccccc3)ccc12. The molecule has 2 aliphatic rings. The summed E-state index contributed by atoms with van der Waals surface area (Å²) in [5.41, 5.74) is 3.33. The Morgan fingerprint density at radius 2 is 1.84 bits per heavy atom. The lowest BCUT2D eigenvalue weighted by molar-refractivity contribution is 0.306. The van der Waals surface area contributed by atoms with Crippen molar-refractivity contribution in [3.8, 4) is 23.0 Å². The summed E-state index contributed by atoms with van der Waals surface area (Å²) in [5.74, 6) is 1.82. The summed E-state index contributed by atoms with van der Waals surface area (Å²) in [6.07, 6.45) is 1.64. The lowest BCUT2D eigenvalue weighted by Gasteiger charge is -2.06. The predicted molar refractivity (Wildman–Crippen MR) is 119 cm³/mol. The zero-order valence-corrected chi connectivity index (χ0v) is 16.4. The van der Waals surface area contributed by atoms with Crippen LogP contribution in [0.1, 0.15) is 5.56 Å². The first kappa shape index (κ1) is 17.5. The second-order valence-corrected chi connectivity index (χ2v) is 7.38. The van der Waals surface area contributed by atoms with Crippen LogP contribution < -0.4 is 10.3 Å². The van der Waals surface area contributed by atoms with Gasteiger partial charge in [-0.15, -0.1) is 0 Å². The number of nitrogens with one attached hydrogen (secondary N) is 1. The van der Waals surface area contributed by atoms with Gasteiger partial charge in [-0.25, -0.2) is 0 Å². The maximum atomic E-state index is 13.3. The Labute approximate surface area is 176 Å². The molecule has 0 spiro atoms. The highest BCUT2D eigenvalue weighted by atomic mass is 16.5. The van der Waals surface area contributed by atoms with E-state index in [2.05, 4.69) is 10.1 Å². The highest BCUT2D eigenvalue weighted by Gasteiger charge is 2.15. The molecule has 3 heterocycles. The van der Waals surface area contributed by atoms with Gasteiger partial charge in [0.2, 0.25) is 5.88 Å². The highest BCUT2D eigenvalue weighted by molar-refractivity contribution is 6.06. The highest BCUT2D eigenvalue weighted by Crippen LogP contribution is 2.28. The van der Waals surface area contributed by atoms with Crippen molar-refractivity contribution < 1.29 is 9.15 Å². The van der Waals surface area contributed by atoms with Gasteiger partial charge in [0.1, 0.15) is 18.1 Å². The fourth-order valence-corrected chi connectivity index (χ4v) is 3.86. The van der Waals surface area contributed by atoms with E-state index in [-0.39, 0.29) is 5.56 Å². The summed E-state index contributed by atoms with van der Waals surface area (Å²) in [6, 6.07) is 25.1. The standard InChI is InChI=1S/C25H17N3O3/c29-25-24-19-11-10-18(30-15-16-5-2-1-3-6-16)13-20(19)27-21(24)14-26-28(25)23-12-9-17-7-4-8-22(17)31-23/h1-14,27H,15H2. The van der Waals surface area contributed by atoms with Crippen LogP contribution in [0.25, 0.3) is 39.0 Å². The summed E-state index contributed by atoms with van der Waals surface area (Å²) in [6.45, 7) is 0.479. The van der Waals surface area contributed by atoms with Crippen LogP contribution in [0.15, 0.2) is 94.3 Å². The van der Waals surface area contributed by atoms with Crippen LogP contribution in [0.2, 0.25) is 0 Å². The molecule has 0 atom stereocenters. The number of rotatable bonds is 4. The van der Waals surface area contributed by atoms with Crippen LogP contribution in [-0.4, -0.2) is 14.8 Å². The predicted octanol–water partition coefficient (Wildman–Crippen LogP) is 5.14. The van der Waals surface area contributed by atoms with Gasteiger partial charge in [-0.05, 0) is 29.8 Å². The lowest BCUT2D eigenvalue weighted by Crippen LogP contribution is -2.20. The molecule has 0 fully saturated rings. The van der Waals surface area contributed by atoms with Crippen molar-refractivity contribution in [2.24, 2.45) is 0 Å². The van der Waals surface area contributed by atoms with Crippen LogP contribution >= 0.6 is 0 Å². The van der Waals surface area contributed by atoms with Crippen molar-refractivity contribution in [2.45, 2.75) is 6.61 Å². The third kappa shape index (κ3) is 2.97. The van der Waals surface area contributed by atoms with Crippen molar-refractivity contribution >= 4 is 21.8 Å². The van der Waals surface area contributed by atoms with Crippen molar-refractivity contribution in [1.82, 2.24) is 14.8 Å². The van der Waals surface area contributed by atoms with E-state index in [0.29, 0.717) is 29.2 Å². The van der Waals surface area contributed by atoms with Gasteiger partial charge < -0.3 is 14.1 Å². The van der Waals surface area contributed by atoms with E-state index in [4.69, 9.17) is 9.15 Å². The first-order valence-corrected chi connectivity index (χ1v) is 9.96. The minimum atomic E-state index is -0.239. The molecule has 4 aromatic rings. The Bertz CT molecular complexity index is 1560. The van der Waals surface area contributed by atoms with Crippen molar-refractivity contribution in [2.75, 3.05) is 0 Å². The molecular weight excluding hydrogens is 390 g/mol. The number of benzene rings is 2. The molecule has 1 aliphatic carbocycles. The third-order valence-corrected chi connectivity index (χ3v) is 5.39. The number of aromatic nitrogens is 3. The molecule has 0 saturated carbocycles. The van der Waals surface area contributed by atoms with Crippen LogP contribution in [0.5, 0.6) is 5.75 Å². The Balaban J connectivity index is 1.41. The Hall–Kier alpha value is -4.32. The first-order chi connectivity index (χ1) is 15.3. The molecule has 1 aliphatic heterocycles. The van der Waals surface area contributed by atoms with Crippen molar-refractivity contribution in [3.05, 3.63) is 101 Å². The number of H-pyrrole nitrogens is 1. The Morgan fingerprint density at radius 3 is 2.74 bits per heavy atom. The number of hydrogen-bond acceptors (Lipinski definition) is 4. The second-order valence-electron chi connectivity index (χ2n) is 7.38. The molecule has 2 aromatic heterocycles. The lowest BCUT2D eigenvalue weighted by atomic mass is 10.2. The molecule has 6 rings (SSSR count). The number of aromatic amines is 1. The van der Waals surface area contributed by atoms with E-state index >= 15 is 0 Å². The van der Waals surface area contributed by atoms with Crippen molar-refractivity contribution in [1.29, 1.82) is 0 Å². The molecule has 6 heteroatoms. The Kier molecular flexibility index (Phi) is 3.89. The molecule has 150 valence electrons. The molecule has 2 aromatic carbocycles. The molecule has 31 heavy (non-hydrogen) atoms. The van der Waals surface area contributed by atoms with Gasteiger partial charge in [0.15, 0.2) is 0 Å². The van der Waals surface area contributed by atoms with Gasteiger partial charge in [-0.1, -0.05) is 42.5 Å². The van der Waals surface area contributed by atoms with E-state index < -0.39 is 0 Å². The molecule has 0 unspecified atom stereocenters. The third-order valence-electron chi connectivity index (χ3n) is 5.39. The number of hydrogen-bond donors (Lipinski definition) is 1. The summed E-state index contributed by atoms with van der Waals surface area (Å²) < 4.78 is 13.1. The fraction of sp³-hybridized carbons (Fsp3) is 0.0400. The van der Waals surface area contributed by atoms with Gasteiger partial charge in [0, 0.05) is 23.1 Å². The van der Waals surface area contributed by atoms with E-state index in [0.717, 1.165) is 27.8 Å². The van der Waals surface area contributed by atoms with Gasteiger partial charge in [0.05, 0.1) is 22.6 Å². The van der Waals surface area contributed by atoms with Crippen LogP contribution in [0, 0.1) is 0 Å². The minimum Gasteiger partial charge on any atom is -0.489 e. The second kappa shape index (κ2) is 6.88. The number of ether oxygens (including phenoxy) is 1. The summed E-state index contributed by atoms with van der Waals surface area (Å²) in [5, 5.41) is 5.69. The molecule has 1 N–H and O–H groups in total.